The van der Waals surface area contributed by atoms with Crippen LogP contribution in [0.3, 0.4) is 0 Å². The van der Waals surface area contributed by atoms with Crippen LogP contribution in [0.25, 0.3) is 0 Å². The Labute approximate surface area is 176 Å². The van der Waals surface area contributed by atoms with E-state index in [4.69, 9.17) is 4.74 Å². The fraction of sp³-hybridized carbons (Fsp3) is 0.333. The lowest BCUT2D eigenvalue weighted by Gasteiger charge is -2.30. The lowest BCUT2D eigenvalue weighted by atomic mass is 10.0. The number of nitrogens with zero attached hydrogens (tertiary/aromatic N) is 5. The molecule has 1 atom stereocenters. The van der Waals surface area contributed by atoms with Crippen LogP contribution in [0.2, 0.25) is 0 Å². The molecule has 1 aliphatic rings. The van der Waals surface area contributed by atoms with E-state index >= 15 is 0 Å². The minimum Gasteiger partial charge on any atom is -0.483 e. The van der Waals surface area contributed by atoms with E-state index < -0.39 is 17.8 Å². The van der Waals surface area contributed by atoms with Crippen LogP contribution in [0.15, 0.2) is 48.5 Å². The van der Waals surface area contributed by atoms with Crippen molar-refractivity contribution in [2.45, 2.75) is 38.7 Å². The van der Waals surface area contributed by atoms with Crippen molar-refractivity contribution >= 4 is 5.91 Å². The first-order valence-corrected chi connectivity index (χ1v) is 9.71. The fourth-order valence-electron chi connectivity index (χ4n) is 3.62. The fourth-order valence-corrected chi connectivity index (χ4v) is 3.62. The van der Waals surface area contributed by atoms with E-state index in [0.29, 0.717) is 22.7 Å². The van der Waals surface area contributed by atoms with Gasteiger partial charge in [0, 0.05) is 12.1 Å². The third kappa shape index (κ3) is 4.10. The second kappa shape index (κ2) is 8.01. The lowest BCUT2D eigenvalue weighted by Crippen LogP contribution is -2.37. The molecule has 0 bridgehead atoms. The molecular weight excluding hydrogens is 411 g/mol. The van der Waals surface area contributed by atoms with Crippen molar-refractivity contribution in [2.75, 3.05) is 6.61 Å². The van der Waals surface area contributed by atoms with Gasteiger partial charge in [-0.15, -0.1) is 5.10 Å². The summed E-state index contributed by atoms with van der Waals surface area (Å²) in [6, 6.07) is 11.3. The quantitative estimate of drug-likeness (QED) is 0.629. The molecule has 0 aliphatic carbocycles. The SMILES string of the molecule is CC(C)n1nnnc1C1c2ccccc2OCC(=O)N1Cc1cccc(C(F)(F)F)c1. The average Bonchev–Trinajstić information content (AvgIpc) is 3.17. The van der Waals surface area contributed by atoms with Gasteiger partial charge >= 0.3 is 6.18 Å². The van der Waals surface area contributed by atoms with Crippen molar-refractivity contribution in [1.29, 1.82) is 0 Å². The summed E-state index contributed by atoms with van der Waals surface area (Å²) < 4.78 is 46.9. The van der Waals surface area contributed by atoms with Gasteiger partial charge in [-0.1, -0.05) is 30.3 Å². The second-order valence-electron chi connectivity index (χ2n) is 7.52. The molecule has 0 spiro atoms. The minimum absolute atomic E-state index is 0.0595. The Morgan fingerprint density at radius 3 is 2.68 bits per heavy atom. The molecule has 162 valence electrons. The molecule has 10 heteroatoms. The summed E-state index contributed by atoms with van der Waals surface area (Å²) in [5.41, 5.74) is 0.237. The van der Waals surface area contributed by atoms with Crippen LogP contribution in [0.4, 0.5) is 13.2 Å². The standard InChI is InChI=1S/C21H20F3N5O2/c1-13(2)29-20(25-26-27-29)19-16-8-3-4-9-17(16)31-12-18(30)28(19)11-14-6-5-7-15(10-14)21(22,23)24/h3-10,13,19H,11-12H2,1-2H3. The number of halogens is 3. The summed E-state index contributed by atoms with van der Waals surface area (Å²) in [4.78, 5) is 14.5. The first kappa shape index (κ1) is 20.8. The van der Waals surface area contributed by atoms with Gasteiger partial charge in [0.15, 0.2) is 12.4 Å². The Bertz CT molecular complexity index is 1100. The molecule has 1 amide bonds. The van der Waals surface area contributed by atoms with E-state index in [-0.39, 0.29) is 25.1 Å². The highest BCUT2D eigenvalue weighted by Gasteiger charge is 2.37. The molecule has 1 aliphatic heterocycles. The van der Waals surface area contributed by atoms with Gasteiger partial charge in [0.25, 0.3) is 5.91 Å². The highest BCUT2D eigenvalue weighted by atomic mass is 19.4. The van der Waals surface area contributed by atoms with Crippen molar-refractivity contribution in [3.63, 3.8) is 0 Å². The maximum Gasteiger partial charge on any atom is 0.416 e. The summed E-state index contributed by atoms with van der Waals surface area (Å²) in [5, 5.41) is 12.0. The van der Waals surface area contributed by atoms with Crippen LogP contribution in [0, 0.1) is 0 Å². The van der Waals surface area contributed by atoms with E-state index in [1.807, 2.05) is 13.8 Å². The topological polar surface area (TPSA) is 73.1 Å². The number of hydrogen-bond donors (Lipinski definition) is 0. The molecule has 0 fully saturated rings. The maximum atomic E-state index is 13.2. The normalized spacial score (nSPS) is 16.8. The van der Waals surface area contributed by atoms with Crippen LogP contribution in [-0.2, 0) is 17.5 Å². The predicted octanol–water partition coefficient (Wildman–Crippen LogP) is 3.78. The average molecular weight is 431 g/mol. The van der Waals surface area contributed by atoms with Crippen molar-refractivity contribution in [3.05, 3.63) is 71.0 Å². The number of para-hydroxylation sites is 1. The summed E-state index contributed by atoms with van der Waals surface area (Å²) in [7, 11) is 0. The highest BCUT2D eigenvalue weighted by Crippen LogP contribution is 2.38. The first-order chi connectivity index (χ1) is 14.8. The van der Waals surface area contributed by atoms with Crippen molar-refractivity contribution in [2.24, 2.45) is 0 Å². The van der Waals surface area contributed by atoms with Crippen molar-refractivity contribution < 1.29 is 22.7 Å². The van der Waals surface area contributed by atoms with Gasteiger partial charge in [0.2, 0.25) is 0 Å². The Morgan fingerprint density at radius 1 is 1.16 bits per heavy atom. The molecule has 4 rings (SSSR count). The summed E-state index contributed by atoms with van der Waals surface area (Å²) >= 11 is 0. The number of tetrazole rings is 1. The van der Waals surface area contributed by atoms with Gasteiger partial charge in [-0.05, 0) is 48.0 Å². The largest absolute Gasteiger partial charge is 0.483 e. The molecule has 2 heterocycles. The second-order valence-corrected chi connectivity index (χ2v) is 7.52. The van der Waals surface area contributed by atoms with E-state index in [1.165, 1.54) is 11.0 Å². The summed E-state index contributed by atoms with van der Waals surface area (Å²) in [6.45, 7) is 3.50. The van der Waals surface area contributed by atoms with Gasteiger partial charge in [-0.2, -0.15) is 13.2 Å². The minimum atomic E-state index is -4.48. The zero-order chi connectivity index (χ0) is 22.2. The van der Waals surface area contributed by atoms with Gasteiger partial charge in [0.1, 0.15) is 11.8 Å². The maximum absolute atomic E-state index is 13.2. The molecule has 31 heavy (non-hydrogen) atoms. The Kier molecular flexibility index (Phi) is 5.38. The molecule has 7 nitrogen and oxygen atoms in total. The van der Waals surface area contributed by atoms with Crippen molar-refractivity contribution in [1.82, 2.24) is 25.1 Å². The molecule has 0 saturated carbocycles. The zero-order valence-corrected chi connectivity index (χ0v) is 16.9. The number of fused-ring (bicyclic) bond motifs is 1. The summed E-state index contributed by atoms with van der Waals surface area (Å²) in [6.07, 6.45) is -4.48. The Morgan fingerprint density at radius 2 is 1.94 bits per heavy atom. The third-order valence-corrected chi connectivity index (χ3v) is 5.06. The van der Waals surface area contributed by atoms with E-state index in [9.17, 15) is 18.0 Å². The van der Waals surface area contributed by atoms with Crippen molar-refractivity contribution in [3.8, 4) is 5.75 Å². The molecule has 1 aromatic heterocycles. The smallest absolute Gasteiger partial charge is 0.416 e. The number of aromatic nitrogens is 4. The number of ether oxygens (including phenoxy) is 1. The van der Waals surface area contributed by atoms with Gasteiger partial charge < -0.3 is 9.64 Å². The molecule has 0 saturated heterocycles. The van der Waals surface area contributed by atoms with Gasteiger partial charge in [0.05, 0.1) is 11.6 Å². The third-order valence-electron chi connectivity index (χ3n) is 5.06. The molecule has 1 unspecified atom stereocenters. The summed E-state index contributed by atoms with van der Waals surface area (Å²) in [5.74, 6) is 0.538. The Hall–Kier alpha value is -3.43. The van der Waals surface area contributed by atoms with E-state index in [1.54, 1.807) is 35.0 Å². The number of benzene rings is 2. The number of alkyl halides is 3. The number of amides is 1. The molecular formula is C21H20F3N5O2. The molecule has 0 N–H and O–H groups in total. The molecule has 3 aromatic rings. The van der Waals surface area contributed by atoms with E-state index in [0.717, 1.165) is 12.1 Å². The Balaban J connectivity index is 1.82. The van der Waals surface area contributed by atoms with E-state index in [2.05, 4.69) is 15.5 Å². The van der Waals surface area contributed by atoms with Gasteiger partial charge in [-0.25, -0.2) is 4.68 Å². The number of carbonyl (C=O) groups is 1. The zero-order valence-electron chi connectivity index (χ0n) is 16.9. The first-order valence-electron chi connectivity index (χ1n) is 9.71. The number of carbonyl (C=O) groups excluding carboxylic acids is 1. The van der Waals surface area contributed by atoms with Crippen LogP contribution >= 0.6 is 0 Å². The van der Waals surface area contributed by atoms with Crippen LogP contribution in [0.5, 0.6) is 5.75 Å². The monoisotopic (exact) mass is 431 g/mol. The van der Waals surface area contributed by atoms with Crippen LogP contribution in [0.1, 0.15) is 48.4 Å². The highest BCUT2D eigenvalue weighted by molar-refractivity contribution is 5.79. The van der Waals surface area contributed by atoms with Gasteiger partial charge in [-0.3, -0.25) is 4.79 Å². The van der Waals surface area contributed by atoms with Crippen LogP contribution in [-0.4, -0.2) is 37.6 Å². The van der Waals surface area contributed by atoms with Crippen LogP contribution < -0.4 is 4.74 Å². The lowest BCUT2D eigenvalue weighted by molar-refractivity contribution is -0.137. The molecule has 0 radical (unpaired) electrons. The molecule has 2 aromatic carbocycles. The predicted molar refractivity (Wildman–Crippen MR) is 104 cm³/mol. The number of hydrogen-bond acceptors (Lipinski definition) is 5. The number of rotatable bonds is 4.